The van der Waals surface area contributed by atoms with Crippen LogP contribution in [0.25, 0.3) is 16.3 Å². The van der Waals surface area contributed by atoms with Gasteiger partial charge in [-0.2, -0.15) is 0 Å². The van der Waals surface area contributed by atoms with E-state index in [2.05, 4.69) is 101 Å². The number of Topliss-reactive ketones (excluding diaryl/α,β-unsaturated/α-hetero) is 1. The molecule has 0 amide bonds. The number of ketones is 1. The molecule has 37 heavy (non-hydrogen) atoms. The summed E-state index contributed by atoms with van der Waals surface area (Å²) in [5.41, 5.74) is 6.68. The number of hydrogen-bond donors (Lipinski definition) is 1. The van der Waals surface area contributed by atoms with Crippen molar-refractivity contribution in [1.29, 1.82) is 0 Å². The standard InChI is InChI=1S/C33H30BrNO2/c1-2-3-18-37-26-15-10-21(11-16-26)24-19-28-31-27-7-5-4-6-22(27)12-17-29(31)35-33(32(28)30(36)20-24)23-8-13-25(34)14-9-23/h4-17,24,33,35H,2-3,18-20H2,1H3/t24-,33+/m1/s1. The fourth-order valence-corrected chi connectivity index (χ4v) is 6.02. The number of nitrogens with one attached hydrogen (secondary N) is 1. The Hall–Kier alpha value is -3.37. The summed E-state index contributed by atoms with van der Waals surface area (Å²) >= 11 is 3.55. The van der Waals surface area contributed by atoms with Crippen LogP contribution in [0.15, 0.2) is 95.0 Å². The van der Waals surface area contributed by atoms with Crippen molar-refractivity contribution in [3.8, 4) is 5.75 Å². The molecule has 1 heterocycles. The van der Waals surface area contributed by atoms with E-state index in [9.17, 15) is 4.79 Å². The quantitative estimate of drug-likeness (QED) is 0.243. The van der Waals surface area contributed by atoms with Crippen LogP contribution in [0.2, 0.25) is 0 Å². The molecular formula is C33H30BrNO2. The summed E-state index contributed by atoms with van der Waals surface area (Å²) in [7, 11) is 0. The minimum atomic E-state index is -0.153. The molecule has 6 rings (SSSR count). The van der Waals surface area contributed by atoms with Gasteiger partial charge in [-0.15, -0.1) is 0 Å². The first-order valence-electron chi connectivity index (χ1n) is 13.2. The average molecular weight is 553 g/mol. The minimum absolute atomic E-state index is 0.145. The summed E-state index contributed by atoms with van der Waals surface area (Å²) in [6, 6.07) is 29.4. The third-order valence-electron chi connectivity index (χ3n) is 7.65. The van der Waals surface area contributed by atoms with Crippen LogP contribution in [0, 0.1) is 0 Å². The third kappa shape index (κ3) is 4.59. The van der Waals surface area contributed by atoms with E-state index in [0.29, 0.717) is 6.42 Å². The highest BCUT2D eigenvalue weighted by atomic mass is 79.9. The maximum Gasteiger partial charge on any atom is 0.162 e. The molecule has 4 aromatic carbocycles. The molecule has 0 aromatic heterocycles. The van der Waals surface area contributed by atoms with E-state index in [1.165, 1.54) is 27.5 Å². The summed E-state index contributed by atoms with van der Waals surface area (Å²) in [6.45, 7) is 2.90. The fraction of sp³-hybridized carbons (Fsp3) is 0.242. The van der Waals surface area contributed by atoms with Crippen LogP contribution >= 0.6 is 15.9 Å². The number of anilines is 1. The van der Waals surface area contributed by atoms with Crippen LogP contribution in [0.3, 0.4) is 0 Å². The Morgan fingerprint density at radius 1 is 0.892 bits per heavy atom. The summed E-state index contributed by atoms with van der Waals surface area (Å²) in [4.78, 5) is 13.9. The predicted octanol–water partition coefficient (Wildman–Crippen LogP) is 8.85. The van der Waals surface area contributed by atoms with Gasteiger partial charge in [-0.1, -0.05) is 83.9 Å². The lowest BCUT2D eigenvalue weighted by Crippen LogP contribution is -2.29. The van der Waals surface area contributed by atoms with Crippen molar-refractivity contribution < 1.29 is 9.53 Å². The second-order valence-electron chi connectivity index (χ2n) is 10.0. The zero-order valence-corrected chi connectivity index (χ0v) is 22.6. The van der Waals surface area contributed by atoms with Crippen LogP contribution in [0.4, 0.5) is 5.69 Å². The Morgan fingerprint density at radius 3 is 2.43 bits per heavy atom. The van der Waals surface area contributed by atoms with E-state index >= 15 is 0 Å². The van der Waals surface area contributed by atoms with Gasteiger partial charge in [0.05, 0.1) is 12.6 Å². The molecule has 4 aromatic rings. The van der Waals surface area contributed by atoms with E-state index < -0.39 is 0 Å². The number of rotatable bonds is 6. The molecule has 1 aliphatic carbocycles. The first-order valence-corrected chi connectivity index (χ1v) is 13.9. The first kappa shape index (κ1) is 24.0. The second-order valence-corrected chi connectivity index (χ2v) is 10.9. The molecule has 0 saturated heterocycles. The minimum Gasteiger partial charge on any atom is -0.494 e. The molecule has 1 aliphatic heterocycles. The summed E-state index contributed by atoms with van der Waals surface area (Å²) in [6.07, 6.45) is 3.53. The molecule has 0 fully saturated rings. The number of fused-ring (bicyclic) bond motifs is 4. The van der Waals surface area contributed by atoms with Gasteiger partial charge in [-0.3, -0.25) is 4.79 Å². The molecular weight excluding hydrogens is 522 g/mol. The van der Waals surface area contributed by atoms with Gasteiger partial charge in [-0.25, -0.2) is 0 Å². The van der Waals surface area contributed by atoms with Crippen molar-refractivity contribution in [3.63, 3.8) is 0 Å². The lowest BCUT2D eigenvalue weighted by Gasteiger charge is -2.37. The summed E-state index contributed by atoms with van der Waals surface area (Å²) < 4.78 is 6.91. The molecule has 2 atom stereocenters. The number of allylic oxidation sites excluding steroid dienone is 1. The van der Waals surface area contributed by atoms with Crippen LogP contribution in [0.5, 0.6) is 5.75 Å². The monoisotopic (exact) mass is 551 g/mol. The predicted molar refractivity (Wildman–Crippen MR) is 155 cm³/mol. The number of carbonyl (C=O) groups is 1. The number of halogens is 1. The van der Waals surface area contributed by atoms with Gasteiger partial charge in [-0.05, 0) is 76.6 Å². The molecule has 0 radical (unpaired) electrons. The van der Waals surface area contributed by atoms with Gasteiger partial charge in [0.15, 0.2) is 5.78 Å². The van der Waals surface area contributed by atoms with E-state index in [-0.39, 0.29) is 17.7 Å². The molecule has 0 spiro atoms. The first-order chi connectivity index (χ1) is 18.1. The fourth-order valence-electron chi connectivity index (χ4n) is 5.76. The van der Waals surface area contributed by atoms with E-state index in [4.69, 9.17) is 4.74 Å². The number of hydrogen-bond acceptors (Lipinski definition) is 3. The smallest absolute Gasteiger partial charge is 0.162 e. The zero-order chi connectivity index (χ0) is 25.4. The Balaban J connectivity index is 1.43. The van der Waals surface area contributed by atoms with Crippen molar-refractivity contribution >= 4 is 43.7 Å². The Labute approximate surface area is 226 Å². The molecule has 1 N–H and O–H groups in total. The van der Waals surface area contributed by atoms with E-state index in [0.717, 1.165) is 52.9 Å². The largest absolute Gasteiger partial charge is 0.494 e. The number of unbranched alkanes of at least 4 members (excludes halogenated alkanes) is 1. The highest BCUT2D eigenvalue weighted by molar-refractivity contribution is 9.10. The van der Waals surface area contributed by atoms with Crippen molar-refractivity contribution in [2.75, 3.05) is 11.9 Å². The zero-order valence-electron chi connectivity index (χ0n) is 21.0. The van der Waals surface area contributed by atoms with E-state index in [1.54, 1.807) is 0 Å². The van der Waals surface area contributed by atoms with Crippen LogP contribution in [-0.4, -0.2) is 12.4 Å². The maximum absolute atomic E-state index is 13.9. The topological polar surface area (TPSA) is 38.3 Å². The molecule has 3 nitrogen and oxygen atoms in total. The van der Waals surface area contributed by atoms with Gasteiger partial charge in [0.25, 0.3) is 0 Å². The van der Waals surface area contributed by atoms with Gasteiger partial charge >= 0.3 is 0 Å². The van der Waals surface area contributed by atoms with Gasteiger partial charge in [0.1, 0.15) is 5.75 Å². The number of ether oxygens (including phenoxy) is 1. The highest BCUT2D eigenvalue weighted by Gasteiger charge is 2.38. The SMILES string of the molecule is CCCCOc1ccc([C@H]2CC(=O)C3=C(C2)c2c(ccc4ccccc24)N[C@H]3c2ccc(Br)cc2)cc1. The second kappa shape index (κ2) is 10.2. The Bertz CT molecular complexity index is 1490. The molecule has 186 valence electrons. The lowest BCUT2D eigenvalue weighted by atomic mass is 9.71. The van der Waals surface area contributed by atoms with Crippen molar-refractivity contribution in [3.05, 3.63) is 112 Å². The van der Waals surface area contributed by atoms with Gasteiger partial charge in [0, 0.05) is 27.7 Å². The number of benzene rings is 4. The maximum atomic E-state index is 13.9. The Morgan fingerprint density at radius 2 is 1.65 bits per heavy atom. The molecule has 0 unspecified atom stereocenters. The van der Waals surface area contributed by atoms with Crippen molar-refractivity contribution in [2.24, 2.45) is 0 Å². The molecule has 0 saturated carbocycles. The highest BCUT2D eigenvalue weighted by Crippen LogP contribution is 2.51. The van der Waals surface area contributed by atoms with Crippen molar-refractivity contribution in [2.45, 2.75) is 44.6 Å². The molecule has 4 heteroatoms. The van der Waals surface area contributed by atoms with Gasteiger partial charge in [0.2, 0.25) is 0 Å². The Kier molecular flexibility index (Phi) is 6.60. The third-order valence-corrected chi connectivity index (χ3v) is 8.18. The van der Waals surface area contributed by atoms with Crippen LogP contribution < -0.4 is 10.1 Å². The summed E-state index contributed by atoms with van der Waals surface area (Å²) in [5, 5.41) is 6.12. The molecule has 2 aliphatic rings. The van der Waals surface area contributed by atoms with Crippen LogP contribution in [0.1, 0.15) is 61.3 Å². The lowest BCUT2D eigenvalue weighted by molar-refractivity contribution is -0.116. The van der Waals surface area contributed by atoms with E-state index in [1.807, 2.05) is 12.1 Å². The average Bonchev–Trinajstić information content (AvgIpc) is 2.93. The number of carbonyl (C=O) groups excluding carboxylic acids is 1. The molecule has 0 bridgehead atoms. The van der Waals surface area contributed by atoms with Crippen LogP contribution in [-0.2, 0) is 4.79 Å². The van der Waals surface area contributed by atoms with Gasteiger partial charge < -0.3 is 10.1 Å². The van der Waals surface area contributed by atoms with Crippen molar-refractivity contribution in [1.82, 2.24) is 0 Å². The normalized spacial score (nSPS) is 18.8. The summed E-state index contributed by atoms with van der Waals surface area (Å²) in [5.74, 6) is 1.27.